The van der Waals surface area contributed by atoms with Crippen LogP contribution in [0.4, 0.5) is 4.79 Å². The number of hydrogen-bond donors (Lipinski definition) is 2. The Hall–Kier alpha value is -2.57. The van der Waals surface area contributed by atoms with Crippen molar-refractivity contribution in [2.45, 2.75) is 6.61 Å². The highest BCUT2D eigenvalue weighted by Crippen LogP contribution is 2.03. The second kappa shape index (κ2) is 7.00. The van der Waals surface area contributed by atoms with E-state index < -0.39 is 31.0 Å². The Morgan fingerprint density at radius 1 is 1.00 bits per heavy atom. The zero-order chi connectivity index (χ0) is 14.3. The maximum absolute atomic E-state index is 11.7. The SMILES string of the molecule is NC(=O)CN(CC(N)=O)C(=O)OCc1ccccc1. The summed E-state index contributed by atoms with van der Waals surface area (Å²) >= 11 is 0. The van der Waals surface area contributed by atoms with E-state index in [-0.39, 0.29) is 6.61 Å². The molecule has 0 saturated carbocycles. The molecule has 0 bridgehead atoms. The lowest BCUT2D eigenvalue weighted by Crippen LogP contribution is -2.43. The molecule has 19 heavy (non-hydrogen) atoms. The molecule has 0 heterocycles. The van der Waals surface area contributed by atoms with E-state index >= 15 is 0 Å². The zero-order valence-corrected chi connectivity index (χ0v) is 10.2. The van der Waals surface area contributed by atoms with Crippen LogP contribution < -0.4 is 11.5 Å². The molecule has 0 aliphatic carbocycles. The van der Waals surface area contributed by atoms with E-state index in [2.05, 4.69) is 0 Å². The Morgan fingerprint density at radius 2 is 1.53 bits per heavy atom. The molecular formula is C12H15N3O4. The van der Waals surface area contributed by atoms with Crippen molar-refractivity contribution < 1.29 is 19.1 Å². The number of carbonyl (C=O) groups is 3. The van der Waals surface area contributed by atoms with Crippen molar-refractivity contribution in [3.8, 4) is 0 Å². The standard InChI is InChI=1S/C12H15N3O4/c13-10(16)6-15(7-11(14)17)12(18)19-8-9-4-2-1-3-5-9/h1-5H,6-8H2,(H2,13,16)(H2,14,17). The van der Waals surface area contributed by atoms with Crippen molar-refractivity contribution in [3.63, 3.8) is 0 Å². The van der Waals surface area contributed by atoms with E-state index in [1.165, 1.54) is 0 Å². The van der Waals surface area contributed by atoms with Crippen molar-refractivity contribution in [1.29, 1.82) is 0 Å². The number of primary amides is 2. The minimum absolute atomic E-state index is 0.0354. The number of nitrogens with two attached hydrogens (primary N) is 2. The first-order valence-electron chi connectivity index (χ1n) is 5.51. The fourth-order valence-electron chi connectivity index (χ4n) is 1.37. The lowest BCUT2D eigenvalue weighted by Gasteiger charge is -2.18. The number of amides is 3. The Balaban J connectivity index is 2.56. The van der Waals surface area contributed by atoms with Gasteiger partial charge in [0.2, 0.25) is 11.8 Å². The second-order valence-electron chi connectivity index (χ2n) is 3.83. The summed E-state index contributed by atoms with van der Waals surface area (Å²) < 4.78 is 4.96. The van der Waals surface area contributed by atoms with Crippen LogP contribution >= 0.6 is 0 Å². The van der Waals surface area contributed by atoms with Crippen LogP contribution in [0.15, 0.2) is 30.3 Å². The van der Waals surface area contributed by atoms with Gasteiger partial charge in [-0.25, -0.2) is 4.79 Å². The van der Waals surface area contributed by atoms with Crippen molar-refractivity contribution in [1.82, 2.24) is 4.90 Å². The number of ether oxygens (including phenoxy) is 1. The normalized spacial score (nSPS) is 9.68. The summed E-state index contributed by atoms with van der Waals surface area (Å²) in [6.45, 7) is -0.805. The van der Waals surface area contributed by atoms with Crippen LogP contribution in [0.1, 0.15) is 5.56 Å². The number of nitrogens with zero attached hydrogens (tertiary/aromatic N) is 1. The van der Waals surface area contributed by atoms with Crippen LogP contribution in [0.3, 0.4) is 0 Å². The van der Waals surface area contributed by atoms with Crippen LogP contribution in [0.5, 0.6) is 0 Å². The average molecular weight is 265 g/mol. The van der Waals surface area contributed by atoms with E-state index in [1.54, 1.807) is 24.3 Å². The Bertz CT molecular complexity index is 445. The second-order valence-corrected chi connectivity index (χ2v) is 3.83. The first-order valence-corrected chi connectivity index (χ1v) is 5.51. The van der Waals surface area contributed by atoms with Crippen LogP contribution in [0, 0.1) is 0 Å². The first kappa shape index (κ1) is 14.5. The van der Waals surface area contributed by atoms with E-state index in [0.717, 1.165) is 10.5 Å². The molecule has 0 saturated heterocycles. The number of benzene rings is 1. The molecular weight excluding hydrogens is 250 g/mol. The van der Waals surface area contributed by atoms with Crippen molar-refractivity contribution in [2.75, 3.05) is 13.1 Å². The van der Waals surface area contributed by atoms with Gasteiger partial charge in [0.15, 0.2) is 0 Å². The third-order valence-corrected chi connectivity index (χ3v) is 2.16. The largest absolute Gasteiger partial charge is 0.445 e. The summed E-state index contributed by atoms with van der Waals surface area (Å²) in [7, 11) is 0. The van der Waals surface area contributed by atoms with Gasteiger partial charge in [-0.15, -0.1) is 0 Å². The lowest BCUT2D eigenvalue weighted by atomic mass is 10.2. The number of hydrogen-bond acceptors (Lipinski definition) is 4. The van der Waals surface area contributed by atoms with Gasteiger partial charge in [0.05, 0.1) is 0 Å². The fourth-order valence-corrected chi connectivity index (χ4v) is 1.37. The predicted octanol–water partition coefficient (Wildman–Crippen LogP) is -0.404. The van der Waals surface area contributed by atoms with Gasteiger partial charge >= 0.3 is 6.09 Å². The minimum Gasteiger partial charge on any atom is -0.445 e. The molecule has 0 radical (unpaired) electrons. The maximum Gasteiger partial charge on any atom is 0.411 e. The third kappa shape index (κ3) is 5.53. The van der Waals surface area contributed by atoms with Crippen molar-refractivity contribution >= 4 is 17.9 Å². The minimum atomic E-state index is -0.818. The van der Waals surface area contributed by atoms with Crippen LogP contribution in [0.2, 0.25) is 0 Å². The van der Waals surface area contributed by atoms with Gasteiger partial charge in [-0.2, -0.15) is 0 Å². The van der Waals surface area contributed by atoms with E-state index in [0.29, 0.717) is 0 Å². The van der Waals surface area contributed by atoms with Gasteiger partial charge in [-0.05, 0) is 5.56 Å². The molecule has 7 heteroatoms. The van der Waals surface area contributed by atoms with E-state index in [4.69, 9.17) is 16.2 Å². The summed E-state index contributed by atoms with van der Waals surface area (Å²) in [5.74, 6) is -1.50. The monoisotopic (exact) mass is 265 g/mol. The van der Waals surface area contributed by atoms with E-state index in [1.807, 2.05) is 6.07 Å². The van der Waals surface area contributed by atoms with E-state index in [9.17, 15) is 14.4 Å². The molecule has 0 fully saturated rings. The molecule has 0 aliphatic rings. The quantitative estimate of drug-likeness (QED) is 0.727. The smallest absolute Gasteiger partial charge is 0.411 e. The van der Waals surface area contributed by atoms with Gasteiger partial charge < -0.3 is 16.2 Å². The van der Waals surface area contributed by atoms with Gasteiger partial charge in [-0.1, -0.05) is 30.3 Å². The highest BCUT2D eigenvalue weighted by Gasteiger charge is 2.19. The maximum atomic E-state index is 11.7. The molecule has 102 valence electrons. The van der Waals surface area contributed by atoms with Crippen LogP contribution in [-0.4, -0.2) is 35.9 Å². The Labute approximate surface area is 110 Å². The Kier molecular flexibility index (Phi) is 5.34. The summed E-state index contributed by atoms with van der Waals surface area (Å²) in [4.78, 5) is 34.1. The molecule has 0 spiro atoms. The number of rotatable bonds is 6. The molecule has 1 rings (SSSR count). The average Bonchev–Trinajstić information content (AvgIpc) is 2.35. The highest BCUT2D eigenvalue weighted by molar-refractivity contribution is 5.85. The van der Waals surface area contributed by atoms with Crippen LogP contribution in [-0.2, 0) is 20.9 Å². The lowest BCUT2D eigenvalue weighted by molar-refractivity contribution is -0.121. The molecule has 0 aromatic heterocycles. The number of carbonyl (C=O) groups excluding carboxylic acids is 3. The molecule has 4 N–H and O–H groups in total. The van der Waals surface area contributed by atoms with Crippen molar-refractivity contribution in [2.24, 2.45) is 11.5 Å². The summed E-state index contributed by atoms with van der Waals surface area (Å²) in [5, 5.41) is 0. The Morgan fingerprint density at radius 3 is 2.00 bits per heavy atom. The summed E-state index contributed by atoms with van der Waals surface area (Å²) in [6, 6.07) is 8.99. The molecule has 7 nitrogen and oxygen atoms in total. The molecule has 3 amide bonds. The molecule has 1 aromatic rings. The topological polar surface area (TPSA) is 116 Å². The van der Waals surface area contributed by atoms with Gasteiger partial charge in [0.1, 0.15) is 19.7 Å². The highest BCUT2D eigenvalue weighted by atomic mass is 16.6. The molecule has 1 aromatic carbocycles. The summed E-state index contributed by atoms with van der Waals surface area (Å²) in [6.07, 6.45) is -0.818. The first-order chi connectivity index (χ1) is 8.99. The molecule has 0 atom stereocenters. The van der Waals surface area contributed by atoms with Gasteiger partial charge in [0.25, 0.3) is 0 Å². The molecule has 0 unspecified atom stereocenters. The third-order valence-electron chi connectivity index (χ3n) is 2.16. The van der Waals surface area contributed by atoms with Crippen molar-refractivity contribution in [3.05, 3.63) is 35.9 Å². The zero-order valence-electron chi connectivity index (χ0n) is 10.2. The van der Waals surface area contributed by atoms with Gasteiger partial charge in [0, 0.05) is 0 Å². The predicted molar refractivity (Wildman–Crippen MR) is 66.6 cm³/mol. The fraction of sp³-hybridized carbons (Fsp3) is 0.250. The molecule has 0 aliphatic heterocycles. The van der Waals surface area contributed by atoms with Crippen LogP contribution in [0.25, 0.3) is 0 Å². The van der Waals surface area contributed by atoms with Gasteiger partial charge in [-0.3, -0.25) is 14.5 Å². The summed E-state index contributed by atoms with van der Waals surface area (Å²) in [5.41, 5.74) is 10.7.